The molecule has 2 saturated heterocycles. The van der Waals surface area contributed by atoms with E-state index in [1.807, 2.05) is 35.2 Å². The lowest BCUT2D eigenvalue weighted by molar-refractivity contribution is 0.0472. The molecule has 1 N–H and O–H groups in total. The highest BCUT2D eigenvalue weighted by Gasteiger charge is 2.42. The number of nitrogens with one attached hydrogen (secondary N) is 1. The van der Waals surface area contributed by atoms with E-state index in [0.717, 1.165) is 31.6 Å². The molecule has 0 aromatic heterocycles. The Labute approximate surface area is 155 Å². The lowest BCUT2D eigenvalue weighted by Gasteiger charge is -2.48. The normalized spacial score (nSPS) is 20.1. The molecule has 2 aliphatic heterocycles. The number of para-hydroxylation sites is 1. The number of likely N-dealkylation sites (tertiary alicyclic amines) is 2. The topological polar surface area (TPSA) is 35.6 Å². The van der Waals surface area contributed by atoms with Gasteiger partial charge >= 0.3 is 6.03 Å². The molecule has 2 heterocycles. The summed E-state index contributed by atoms with van der Waals surface area (Å²) in [7, 11) is 0. The average molecular weight is 349 g/mol. The zero-order chi connectivity index (χ0) is 17.8. The highest BCUT2D eigenvalue weighted by Crippen LogP contribution is 2.40. The maximum absolute atomic E-state index is 12.6. The minimum Gasteiger partial charge on any atom is -0.324 e. The van der Waals surface area contributed by atoms with Gasteiger partial charge in [-0.25, -0.2) is 4.79 Å². The van der Waals surface area contributed by atoms with Crippen LogP contribution in [0.4, 0.5) is 10.5 Å². The fourth-order valence-electron chi connectivity index (χ4n) is 4.48. The van der Waals surface area contributed by atoms with Crippen LogP contribution in [-0.4, -0.2) is 42.0 Å². The molecular formula is C22H27N3O. The molecule has 2 fully saturated rings. The van der Waals surface area contributed by atoms with Crippen molar-refractivity contribution in [3.8, 4) is 0 Å². The van der Waals surface area contributed by atoms with Gasteiger partial charge in [-0.3, -0.25) is 4.90 Å². The number of carbonyl (C=O) groups is 1. The van der Waals surface area contributed by atoms with Crippen molar-refractivity contribution in [3.05, 3.63) is 66.2 Å². The summed E-state index contributed by atoms with van der Waals surface area (Å²) in [6.45, 7) is 3.93. The molecule has 2 amide bonds. The van der Waals surface area contributed by atoms with Gasteiger partial charge in [0.1, 0.15) is 0 Å². The number of rotatable bonds is 3. The van der Waals surface area contributed by atoms with Gasteiger partial charge in [-0.2, -0.15) is 0 Å². The van der Waals surface area contributed by atoms with E-state index < -0.39 is 0 Å². The lowest BCUT2D eigenvalue weighted by atomic mass is 9.79. The molecule has 0 radical (unpaired) electrons. The zero-order valence-corrected chi connectivity index (χ0v) is 15.2. The number of carbonyl (C=O) groups excluding carboxylic acids is 1. The molecule has 4 heteroatoms. The first-order chi connectivity index (χ1) is 12.8. The second-order valence-electron chi connectivity index (χ2n) is 7.37. The summed E-state index contributed by atoms with van der Waals surface area (Å²) in [4.78, 5) is 17.3. The molecule has 26 heavy (non-hydrogen) atoms. The summed E-state index contributed by atoms with van der Waals surface area (Å²) >= 11 is 0. The molecule has 0 saturated carbocycles. The largest absolute Gasteiger partial charge is 0.324 e. The number of urea groups is 1. The Bertz CT molecular complexity index is 718. The summed E-state index contributed by atoms with van der Waals surface area (Å²) in [5.74, 6) is 0. The van der Waals surface area contributed by atoms with Crippen LogP contribution in [0.25, 0.3) is 0 Å². The van der Waals surface area contributed by atoms with Gasteiger partial charge in [0, 0.05) is 24.3 Å². The molecule has 2 aromatic rings. The van der Waals surface area contributed by atoms with Gasteiger partial charge in [0.2, 0.25) is 0 Å². The van der Waals surface area contributed by atoms with E-state index >= 15 is 0 Å². The van der Waals surface area contributed by atoms with Gasteiger partial charge in [0.25, 0.3) is 0 Å². The van der Waals surface area contributed by atoms with Crippen molar-refractivity contribution in [2.75, 3.05) is 31.5 Å². The van der Waals surface area contributed by atoms with Gasteiger partial charge in [-0.05, 0) is 56.5 Å². The van der Waals surface area contributed by atoms with Crippen LogP contribution < -0.4 is 5.32 Å². The molecule has 0 atom stereocenters. The van der Waals surface area contributed by atoms with Gasteiger partial charge in [-0.15, -0.1) is 0 Å². The molecule has 2 aromatic carbocycles. The first-order valence-corrected chi connectivity index (χ1v) is 9.69. The Hall–Kier alpha value is -2.33. The quantitative estimate of drug-likeness (QED) is 0.896. The summed E-state index contributed by atoms with van der Waals surface area (Å²) in [5, 5.41) is 3.02. The van der Waals surface area contributed by atoms with E-state index in [2.05, 4.69) is 40.5 Å². The highest BCUT2D eigenvalue weighted by molar-refractivity contribution is 5.89. The number of hydrogen-bond donors (Lipinski definition) is 1. The van der Waals surface area contributed by atoms with Crippen molar-refractivity contribution >= 4 is 11.7 Å². The SMILES string of the molecule is O=C(Nc1ccccc1)N1CCC(c2ccccc2)(N2CCCC2)CC1. The average Bonchev–Trinajstić information content (AvgIpc) is 3.25. The summed E-state index contributed by atoms with van der Waals surface area (Å²) < 4.78 is 0. The maximum atomic E-state index is 12.6. The van der Waals surface area contributed by atoms with Gasteiger partial charge < -0.3 is 10.2 Å². The van der Waals surface area contributed by atoms with E-state index in [9.17, 15) is 4.79 Å². The Kier molecular flexibility index (Phi) is 4.93. The smallest absolute Gasteiger partial charge is 0.321 e. The molecule has 0 unspecified atom stereocenters. The van der Waals surface area contributed by atoms with Crippen molar-refractivity contribution in [1.29, 1.82) is 0 Å². The molecule has 4 rings (SSSR count). The Morgan fingerprint density at radius 1 is 0.808 bits per heavy atom. The first-order valence-electron chi connectivity index (χ1n) is 9.69. The summed E-state index contributed by atoms with van der Waals surface area (Å²) in [6, 6.07) is 20.6. The van der Waals surface area contributed by atoms with E-state index in [4.69, 9.17) is 0 Å². The van der Waals surface area contributed by atoms with Crippen molar-refractivity contribution in [1.82, 2.24) is 9.80 Å². The van der Waals surface area contributed by atoms with Gasteiger partial charge in [0.05, 0.1) is 0 Å². The number of nitrogens with zero attached hydrogens (tertiary/aromatic N) is 2. The second-order valence-corrected chi connectivity index (χ2v) is 7.37. The predicted octanol–water partition coefficient (Wildman–Crippen LogP) is 4.31. The monoisotopic (exact) mass is 349 g/mol. The molecule has 2 aliphatic rings. The number of anilines is 1. The van der Waals surface area contributed by atoms with Crippen LogP contribution in [0.1, 0.15) is 31.2 Å². The molecular weight excluding hydrogens is 322 g/mol. The van der Waals surface area contributed by atoms with Crippen molar-refractivity contribution in [3.63, 3.8) is 0 Å². The Morgan fingerprint density at radius 2 is 1.38 bits per heavy atom. The van der Waals surface area contributed by atoms with Crippen LogP contribution in [0.15, 0.2) is 60.7 Å². The van der Waals surface area contributed by atoms with Crippen molar-refractivity contribution in [2.24, 2.45) is 0 Å². The van der Waals surface area contributed by atoms with Crippen LogP contribution in [0.5, 0.6) is 0 Å². The third-order valence-corrected chi connectivity index (χ3v) is 5.93. The number of hydrogen-bond acceptors (Lipinski definition) is 2. The van der Waals surface area contributed by atoms with Crippen LogP contribution in [-0.2, 0) is 5.54 Å². The minimum absolute atomic E-state index is 0.0132. The lowest BCUT2D eigenvalue weighted by Crippen LogP contribution is -2.54. The summed E-state index contributed by atoms with van der Waals surface area (Å²) in [6.07, 6.45) is 4.57. The number of amides is 2. The van der Waals surface area contributed by atoms with Crippen LogP contribution in [0.3, 0.4) is 0 Å². The van der Waals surface area contributed by atoms with Gasteiger partial charge in [0.15, 0.2) is 0 Å². The van der Waals surface area contributed by atoms with Crippen molar-refractivity contribution < 1.29 is 4.79 Å². The van der Waals surface area contributed by atoms with Crippen molar-refractivity contribution in [2.45, 2.75) is 31.2 Å². The second kappa shape index (κ2) is 7.50. The number of piperidine rings is 1. The van der Waals surface area contributed by atoms with E-state index in [-0.39, 0.29) is 11.6 Å². The van der Waals surface area contributed by atoms with Crippen LogP contribution in [0, 0.1) is 0 Å². The first kappa shape index (κ1) is 17.1. The Balaban J connectivity index is 1.48. The minimum atomic E-state index is 0.0132. The molecule has 0 aliphatic carbocycles. The van der Waals surface area contributed by atoms with E-state index in [0.29, 0.717) is 0 Å². The van der Waals surface area contributed by atoms with E-state index in [1.54, 1.807) is 0 Å². The standard InChI is InChI=1S/C22H27N3O/c26-21(23-20-11-5-2-6-12-20)24-17-13-22(14-18-24,25-15-7-8-16-25)19-9-3-1-4-10-19/h1-6,9-12H,7-8,13-18H2,(H,23,26). The van der Waals surface area contributed by atoms with Crippen LogP contribution in [0.2, 0.25) is 0 Å². The van der Waals surface area contributed by atoms with E-state index in [1.165, 1.54) is 31.5 Å². The molecule has 136 valence electrons. The summed E-state index contributed by atoms with van der Waals surface area (Å²) in [5.41, 5.74) is 2.35. The highest BCUT2D eigenvalue weighted by atomic mass is 16.2. The zero-order valence-electron chi connectivity index (χ0n) is 15.2. The molecule has 0 bridgehead atoms. The fourth-order valence-corrected chi connectivity index (χ4v) is 4.48. The third kappa shape index (κ3) is 3.34. The predicted molar refractivity (Wildman–Crippen MR) is 105 cm³/mol. The maximum Gasteiger partial charge on any atom is 0.321 e. The third-order valence-electron chi connectivity index (χ3n) is 5.93. The fraction of sp³-hybridized carbons (Fsp3) is 0.409. The number of benzene rings is 2. The van der Waals surface area contributed by atoms with Gasteiger partial charge in [-0.1, -0.05) is 48.5 Å². The Morgan fingerprint density at radius 3 is 2.00 bits per heavy atom. The molecule has 0 spiro atoms. The molecule has 4 nitrogen and oxygen atoms in total. The van der Waals surface area contributed by atoms with Crippen LogP contribution >= 0.6 is 0 Å².